The van der Waals surface area contributed by atoms with Crippen molar-refractivity contribution in [3.8, 4) is 17.7 Å². The summed E-state index contributed by atoms with van der Waals surface area (Å²) >= 11 is 0. The van der Waals surface area contributed by atoms with E-state index in [9.17, 15) is 14.9 Å². The fourth-order valence-electron chi connectivity index (χ4n) is 5.09. The highest BCUT2D eigenvalue weighted by molar-refractivity contribution is 6.04. The van der Waals surface area contributed by atoms with E-state index in [1.165, 1.54) is 0 Å². The van der Waals surface area contributed by atoms with Crippen molar-refractivity contribution < 1.29 is 14.3 Å². The average molecular weight is 521 g/mol. The topological polar surface area (TPSA) is 121 Å². The zero-order valence-corrected chi connectivity index (χ0v) is 21.4. The summed E-state index contributed by atoms with van der Waals surface area (Å²) in [4.78, 5) is 29.5. The van der Waals surface area contributed by atoms with E-state index < -0.39 is 5.41 Å². The van der Waals surface area contributed by atoms with Crippen LogP contribution in [0.3, 0.4) is 0 Å². The molecule has 0 atom stereocenters. The number of carbonyl (C=O) groups is 2. The van der Waals surface area contributed by atoms with Crippen LogP contribution in [0.2, 0.25) is 0 Å². The maximum Gasteiger partial charge on any atom is 0.255 e. The molecule has 4 aromatic rings. The molecular formula is C30H28N6O3. The van der Waals surface area contributed by atoms with Crippen LogP contribution in [-0.2, 0) is 10.2 Å². The van der Waals surface area contributed by atoms with E-state index in [0.29, 0.717) is 34.3 Å². The molecule has 2 aromatic heterocycles. The third-order valence-electron chi connectivity index (χ3n) is 7.41. The Labute approximate surface area is 225 Å². The van der Waals surface area contributed by atoms with Crippen molar-refractivity contribution in [2.75, 3.05) is 10.6 Å². The standard InChI is InChI=1S/C30H28N6O3/c31-19-30(14-2-1-3-15-30)22-7-4-6-21(16-22)29(38)32-23-8-5-9-24(17-23)39-27-13-12-26-33-25(18-36(26)35-27)34-28(37)20-10-11-20/h4-9,12-13,16-18,20H,1-3,10-11,14-15H2,(H,32,38)(H,34,37). The Morgan fingerprint density at radius 3 is 2.62 bits per heavy atom. The second-order valence-electron chi connectivity index (χ2n) is 10.3. The minimum atomic E-state index is -0.519. The number of nitriles is 1. The molecule has 9 heteroatoms. The molecule has 2 fully saturated rings. The number of hydrogen-bond acceptors (Lipinski definition) is 6. The van der Waals surface area contributed by atoms with Gasteiger partial charge in [-0.1, -0.05) is 37.5 Å². The number of fused-ring (bicyclic) bond motifs is 1. The van der Waals surface area contributed by atoms with Crippen LogP contribution < -0.4 is 15.4 Å². The normalized spacial score (nSPS) is 16.3. The Hall–Kier alpha value is -4.71. The first kappa shape index (κ1) is 24.6. The number of rotatable bonds is 7. The molecule has 6 rings (SSSR count). The second-order valence-corrected chi connectivity index (χ2v) is 10.3. The van der Waals surface area contributed by atoms with E-state index in [2.05, 4.69) is 26.8 Å². The highest BCUT2D eigenvalue weighted by Crippen LogP contribution is 2.39. The maximum atomic E-state index is 13.1. The predicted octanol–water partition coefficient (Wildman–Crippen LogP) is 5.85. The van der Waals surface area contributed by atoms with Crippen LogP contribution in [0.15, 0.2) is 66.9 Å². The summed E-state index contributed by atoms with van der Waals surface area (Å²) in [5.41, 5.74) is 2.06. The lowest BCUT2D eigenvalue weighted by atomic mass is 9.70. The molecule has 2 aliphatic carbocycles. The molecule has 2 saturated carbocycles. The van der Waals surface area contributed by atoms with Crippen molar-refractivity contribution in [1.82, 2.24) is 14.6 Å². The van der Waals surface area contributed by atoms with Gasteiger partial charge in [-0.25, -0.2) is 9.50 Å². The summed E-state index contributed by atoms with van der Waals surface area (Å²) in [7, 11) is 0. The number of nitrogens with zero attached hydrogens (tertiary/aromatic N) is 4. The Bertz CT molecular complexity index is 1590. The van der Waals surface area contributed by atoms with E-state index in [1.807, 2.05) is 18.2 Å². The van der Waals surface area contributed by atoms with Crippen molar-refractivity contribution in [2.45, 2.75) is 50.4 Å². The average Bonchev–Trinajstić information content (AvgIpc) is 3.74. The Kier molecular flexibility index (Phi) is 6.45. The van der Waals surface area contributed by atoms with Gasteiger partial charge in [-0.3, -0.25) is 9.59 Å². The van der Waals surface area contributed by atoms with Gasteiger partial charge in [0.1, 0.15) is 5.75 Å². The van der Waals surface area contributed by atoms with Crippen LogP contribution in [0.5, 0.6) is 11.6 Å². The highest BCUT2D eigenvalue weighted by Gasteiger charge is 2.34. The third-order valence-corrected chi connectivity index (χ3v) is 7.41. The fraction of sp³-hybridized carbons (Fsp3) is 0.300. The van der Waals surface area contributed by atoms with Gasteiger partial charge in [0.15, 0.2) is 11.5 Å². The van der Waals surface area contributed by atoms with Gasteiger partial charge in [-0.15, -0.1) is 5.10 Å². The maximum absolute atomic E-state index is 13.1. The van der Waals surface area contributed by atoms with Gasteiger partial charge in [0.2, 0.25) is 11.8 Å². The number of ether oxygens (including phenoxy) is 1. The first-order valence-corrected chi connectivity index (χ1v) is 13.3. The molecule has 0 radical (unpaired) electrons. The minimum Gasteiger partial charge on any atom is -0.438 e. The Balaban J connectivity index is 1.14. The summed E-state index contributed by atoms with van der Waals surface area (Å²) in [5, 5.41) is 20.1. The van der Waals surface area contributed by atoms with Crippen molar-refractivity contribution in [2.24, 2.45) is 5.92 Å². The van der Waals surface area contributed by atoms with Crippen molar-refractivity contribution >= 4 is 29.0 Å². The highest BCUT2D eigenvalue weighted by atomic mass is 16.5. The molecule has 9 nitrogen and oxygen atoms in total. The van der Waals surface area contributed by atoms with Crippen molar-refractivity contribution in [3.05, 3.63) is 78.0 Å². The molecule has 0 saturated heterocycles. The van der Waals surface area contributed by atoms with E-state index in [4.69, 9.17) is 4.74 Å². The van der Waals surface area contributed by atoms with Gasteiger partial charge in [-0.2, -0.15) is 5.26 Å². The molecule has 2 heterocycles. The number of carbonyl (C=O) groups excluding carboxylic acids is 2. The van der Waals surface area contributed by atoms with Gasteiger partial charge in [0, 0.05) is 29.3 Å². The summed E-state index contributed by atoms with van der Waals surface area (Å²) < 4.78 is 7.50. The molecule has 2 amide bonds. The monoisotopic (exact) mass is 520 g/mol. The van der Waals surface area contributed by atoms with Crippen LogP contribution in [0.4, 0.5) is 11.5 Å². The van der Waals surface area contributed by atoms with Crippen molar-refractivity contribution in [1.29, 1.82) is 5.26 Å². The van der Waals surface area contributed by atoms with Gasteiger partial charge < -0.3 is 15.4 Å². The molecule has 0 unspecified atom stereocenters. The predicted molar refractivity (Wildman–Crippen MR) is 146 cm³/mol. The van der Waals surface area contributed by atoms with E-state index in [0.717, 1.165) is 50.5 Å². The first-order chi connectivity index (χ1) is 19.0. The van der Waals surface area contributed by atoms with Crippen LogP contribution >= 0.6 is 0 Å². The molecular weight excluding hydrogens is 492 g/mol. The van der Waals surface area contributed by atoms with Crippen LogP contribution in [-0.4, -0.2) is 26.4 Å². The lowest BCUT2D eigenvalue weighted by Crippen LogP contribution is -2.27. The van der Waals surface area contributed by atoms with Gasteiger partial charge in [-0.05, 0) is 61.6 Å². The smallest absolute Gasteiger partial charge is 0.255 e. The number of benzene rings is 2. The minimum absolute atomic E-state index is 0.0148. The molecule has 2 aliphatic rings. The molecule has 196 valence electrons. The number of amides is 2. The Morgan fingerprint density at radius 2 is 1.82 bits per heavy atom. The number of nitrogens with one attached hydrogen (secondary N) is 2. The molecule has 0 aliphatic heterocycles. The molecule has 2 aromatic carbocycles. The molecule has 0 spiro atoms. The van der Waals surface area contributed by atoms with E-state index in [1.54, 1.807) is 53.2 Å². The van der Waals surface area contributed by atoms with Gasteiger partial charge in [0.05, 0.1) is 17.7 Å². The Morgan fingerprint density at radius 1 is 1.00 bits per heavy atom. The SMILES string of the molecule is N#CC1(c2cccc(C(=O)Nc3cccc(Oc4ccc5nc(NC(=O)C6CC6)cn5n4)c3)c2)CCCCC1. The summed E-state index contributed by atoms with van der Waals surface area (Å²) in [6, 6.07) is 20.5. The van der Waals surface area contributed by atoms with E-state index >= 15 is 0 Å². The number of anilines is 2. The summed E-state index contributed by atoms with van der Waals surface area (Å²) in [5.74, 6) is 1.11. The number of aromatic nitrogens is 3. The molecule has 39 heavy (non-hydrogen) atoms. The zero-order chi connectivity index (χ0) is 26.8. The summed E-state index contributed by atoms with van der Waals surface area (Å²) in [6.07, 6.45) is 8.33. The molecule has 2 N–H and O–H groups in total. The number of hydrogen-bond donors (Lipinski definition) is 2. The lowest BCUT2D eigenvalue weighted by Gasteiger charge is -2.31. The van der Waals surface area contributed by atoms with Crippen LogP contribution in [0.1, 0.15) is 60.9 Å². The van der Waals surface area contributed by atoms with Crippen molar-refractivity contribution in [3.63, 3.8) is 0 Å². The van der Waals surface area contributed by atoms with E-state index in [-0.39, 0.29) is 17.7 Å². The fourth-order valence-corrected chi connectivity index (χ4v) is 5.09. The second kappa shape index (κ2) is 10.2. The van der Waals surface area contributed by atoms with Crippen LogP contribution in [0.25, 0.3) is 5.65 Å². The summed E-state index contributed by atoms with van der Waals surface area (Å²) in [6.45, 7) is 0. The largest absolute Gasteiger partial charge is 0.438 e. The zero-order valence-electron chi connectivity index (χ0n) is 21.4. The van der Waals surface area contributed by atoms with Gasteiger partial charge in [0.25, 0.3) is 5.91 Å². The number of imidazole rings is 1. The lowest BCUT2D eigenvalue weighted by molar-refractivity contribution is -0.117. The third kappa shape index (κ3) is 5.32. The first-order valence-electron chi connectivity index (χ1n) is 13.3. The van der Waals surface area contributed by atoms with Crippen LogP contribution in [0, 0.1) is 17.2 Å². The quantitative estimate of drug-likeness (QED) is 0.315. The van der Waals surface area contributed by atoms with Gasteiger partial charge >= 0.3 is 0 Å². The molecule has 0 bridgehead atoms.